The number of carbonyl (C=O) groups is 3. The molecule has 0 aromatic heterocycles. The van der Waals surface area contributed by atoms with Gasteiger partial charge >= 0.3 is 12.0 Å². The van der Waals surface area contributed by atoms with E-state index >= 15 is 0 Å². The van der Waals surface area contributed by atoms with Gasteiger partial charge in [0, 0.05) is 17.8 Å². The number of nitrogens with one attached hydrogen (secondary N) is 2. The first-order chi connectivity index (χ1) is 19.4. The summed E-state index contributed by atoms with van der Waals surface area (Å²) >= 11 is 0. The molecular formula is C32H33N3O5. The van der Waals surface area contributed by atoms with E-state index in [4.69, 9.17) is 9.47 Å². The number of likely N-dealkylation sites (tertiary alicyclic amines) is 1. The zero-order valence-electron chi connectivity index (χ0n) is 23.0. The van der Waals surface area contributed by atoms with E-state index in [1.165, 1.54) is 7.11 Å². The van der Waals surface area contributed by atoms with Gasteiger partial charge in [-0.25, -0.2) is 9.59 Å². The molecule has 206 valence electrons. The number of esters is 1. The van der Waals surface area contributed by atoms with E-state index in [1.54, 1.807) is 43.3 Å². The predicted molar refractivity (Wildman–Crippen MR) is 155 cm³/mol. The van der Waals surface area contributed by atoms with E-state index in [0.29, 0.717) is 30.2 Å². The molecule has 1 aliphatic heterocycles. The van der Waals surface area contributed by atoms with E-state index in [0.717, 1.165) is 35.2 Å². The van der Waals surface area contributed by atoms with Crippen LogP contribution in [0.1, 0.15) is 46.8 Å². The Hall–Kier alpha value is -4.77. The normalized spacial score (nSPS) is 14.1. The summed E-state index contributed by atoms with van der Waals surface area (Å²) in [5, 5.41) is 5.65. The highest BCUT2D eigenvalue weighted by Gasteiger charge is 2.27. The molecule has 0 aliphatic carbocycles. The molecule has 3 aromatic carbocycles. The molecule has 0 saturated carbocycles. The van der Waals surface area contributed by atoms with Gasteiger partial charge in [-0.15, -0.1) is 0 Å². The van der Waals surface area contributed by atoms with Crippen LogP contribution in [0.25, 0.3) is 0 Å². The number of urea groups is 1. The molecule has 1 saturated heterocycles. The lowest BCUT2D eigenvalue weighted by Gasteiger charge is -2.21. The predicted octanol–water partition coefficient (Wildman–Crippen LogP) is 5.41. The Morgan fingerprint density at radius 3 is 2.48 bits per heavy atom. The van der Waals surface area contributed by atoms with Gasteiger partial charge in [0.1, 0.15) is 5.75 Å². The Bertz CT molecular complexity index is 1440. The van der Waals surface area contributed by atoms with Gasteiger partial charge in [0.15, 0.2) is 0 Å². The molecule has 8 nitrogen and oxygen atoms in total. The number of ether oxygens (including phenoxy) is 2. The van der Waals surface area contributed by atoms with Gasteiger partial charge in [-0.2, -0.15) is 0 Å². The first-order valence-electron chi connectivity index (χ1n) is 13.3. The fourth-order valence-electron chi connectivity index (χ4n) is 4.50. The molecule has 0 radical (unpaired) electrons. The molecule has 2 N–H and O–H groups in total. The summed E-state index contributed by atoms with van der Waals surface area (Å²) in [6, 6.07) is 19.2. The second-order valence-electron chi connectivity index (χ2n) is 9.42. The highest BCUT2D eigenvalue weighted by atomic mass is 16.5. The summed E-state index contributed by atoms with van der Waals surface area (Å²) < 4.78 is 10.5. The molecule has 1 unspecified atom stereocenters. The number of rotatable bonds is 7. The first-order valence-corrected chi connectivity index (χ1v) is 13.3. The summed E-state index contributed by atoms with van der Waals surface area (Å²) in [6.45, 7) is 4.66. The highest BCUT2D eigenvalue weighted by molar-refractivity contribution is 6.01. The minimum Gasteiger partial charge on any atom is -0.495 e. The van der Waals surface area contributed by atoms with E-state index in [9.17, 15) is 14.4 Å². The number of anilines is 2. The standard InChI is InChI=1S/C32H33N3O5/c1-4-40-31(37)25-15-11-23(12-16-25)13-17-26-9-7-19-35(26)30(36)21-24-14-18-28(29(20-24)39-3)34-32(38)33-27-10-6-5-8-22(27)2/h5-6,8,10-12,14-16,18,20,26H,4,7,9,19,21H2,1-3H3,(H2,33,34,38). The van der Waals surface area contributed by atoms with Crippen LogP contribution >= 0.6 is 0 Å². The quantitative estimate of drug-likeness (QED) is 0.309. The number of methoxy groups -OCH3 is 1. The molecule has 3 amide bonds. The van der Waals surface area contributed by atoms with Crippen LogP contribution in [-0.2, 0) is 16.0 Å². The molecule has 40 heavy (non-hydrogen) atoms. The van der Waals surface area contributed by atoms with Crippen molar-refractivity contribution in [3.8, 4) is 17.6 Å². The van der Waals surface area contributed by atoms with Crippen molar-refractivity contribution in [2.75, 3.05) is 30.9 Å². The van der Waals surface area contributed by atoms with Crippen molar-refractivity contribution < 1.29 is 23.9 Å². The number of hydrogen-bond donors (Lipinski definition) is 2. The maximum atomic E-state index is 13.2. The topological polar surface area (TPSA) is 97.0 Å². The fourth-order valence-corrected chi connectivity index (χ4v) is 4.50. The first kappa shape index (κ1) is 28.2. The average Bonchev–Trinajstić information content (AvgIpc) is 3.43. The van der Waals surface area contributed by atoms with Crippen molar-refractivity contribution in [1.29, 1.82) is 0 Å². The second kappa shape index (κ2) is 13.3. The zero-order valence-corrected chi connectivity index (χ0v) is 23.0. The number of benzene rings is 3. The van der Waals surface area contributed by atoms with Gasteiger partial charge in [0.05, 0.1) is 37.4 Å². The van der Waals surface area contributed by atoms with Crippen LogP contribution in [0, 0.1) is 18.8 Å². The highest BCUT2D eigenvalue weighted by Crippen LogP contribution is 2.27. The van der Waals surface area contributed by atoms with E-state index in [2.05, 4.69) is 22.5 Å². The molecular weight excluding hydrogens is 506 g/mol. The van der Waals surface area contributed by atoms with Gasteiger partial charge in [-0.1, -0.05) is 36.1 Å². The van der Waals surface area contributed by atoms with E-state index in [-0.39, 0.29) is 30.4 Å². The van der Waals surface area contributed by atoms with Crippen molar-refractivity contribution in [1.82, 2.24) is 4.90 Å². The Labute approximate surface area is 234 Å². The second-order valence-corrected chi connectivity index (χ2v) is 9.42. The van der Waals surface area contributed by atoms with Crippen molar-refractivity contribution in [2.45, 2.75) is 39.2 Å². The number of nitrogens with zero attached hydrogens (tertiary/aromatic N) is 1. The molecule has 1 fully saturated rings. The summed E-state index contributed by atoms with van der Waals surface area (Å²) in [6.07, 6.45) is 1.88. The summed E-state index contributed by atoms with van der Waals surface area (Å²) in [4.78, 5) is 39.4. The van der Waals surface area contributed by atoms with Crippen LogP contribution in [0.15, 0.2) is 66.7 Å². The van der Waals surface area contributed by atoms with Crippen molar-refractivity contribution >= 4 is 29.3 Å². The van der Waals surface area contributed by atoms with Gasteiger partial charge < -0.3 is 25.0 Å². The summed E-state index contributed by atoms with van der Waals surface area (Å²) in [5.41, 5.74) is 4.21. The lowest BCUT2D eigenvalue weighted by atomic mass is 10.1. The Kier molecular flexibility index (Phi) is 9.42. The Morgan fingerprint density at radius 1 is 1.00 bits per heavy atom. The van der Waals surface area contributed by atoms with Crippen LogP contribution in [-0.4, -0.2) is 49.1 Å². The molecule has 1 atom stereocenters. The van der Waals surface area contributed by atoms with Crippen LogP contribution in [0.2, 0.25) is 0 Å². The van der Waals surface area contributed by atoms with Crippen molar-refractivity contribution in [3.05, 3.63) is 89.0 Å². The van der Waals surface area contributed by atoms with Gasteiger partial charge in [0.2, 0.25) is 5.91 Å². The van der Waals surface area contributed by atoms with Crippen LogP contribution in [0.5, 0.6) is 5.75 Å². The molecule has 3 aromatic rings. The minimum absolute atomic E-state index is 0.0190. The van der Waals surface area contributed by atoms with Gasteiger partial charge in [-0.3, -0.25) is 4.79 Å². The Morgan fingerprint density at radius 2 is 1.75 bits per heavy atom. The van der Waals surface area contributed by atoms with E-state index < -0.39 is 0 Å². The zero-order chi connectivity index (χ0) is 28.5. The van der Waals surface area contributed by atoms with Crippen LogP contribution in [0.3, 0.4) is 0 Å². The molecule has 0 spiro atoms. The number of aryl methyl sites for hydroxylation is 1. The van der Waals surface area contributed by atoms with Gasteiger partial charge in [-0.05, 0) is 80.3 Å². The third-order valence-electron chi connectivity index (χ3n) is 6.62. The number of amides is 3. The smallest absolute Gasteiger partial charge is 0.338 e. The SMILES string of the molecule is CCOC(=O)c1ccc(C#CC2CCCN2C(=O)Cc2ccc(NC(=O)Nc3ccccc3C)c(OC)c2)cc1. The fraction of sp³-hybridized carbons (Fsp3) is 0.281. The monoisotopic (exact) mass is 539 g/mol. The number of para-hydroxylation sites is 1. The average molecular weight is 540 g/mol. The molecule has 4 rings (SSSR count). The molecule has 8 heteroatoms. The number of hydrogen-bond acceptors (Lipinski definition) is 5. The van der Waals surface area contributed by atoms with Crippen LogP contribution in [0.4, 0.5) is 16.2 Å². The van der Waals surface area contributed by atoms with Gasteiger partial charge in [0.25, 0.3) is 0 Å². The van der Waals surface area contributed by atoms with Crippen molar-refractivity contribution in [3.63, 3.8) is 0 Å². The Balaban J connectivity index is 1.38. The van der Waals surface area contributed by atoms with E-state index in [1.807, 2.05) is 42.2 Å². The lowest BCUT2D eigenvalue weighted by Crippen LogP contribution is -2.35. The largest absolute Gasteiger partial charge is 0.495 e. The molecule has 1 heterocycles. The minimum atomic E-state index is -0.384. The molecule has 0 bridgehead atoms. The lowest BCUT2D eigenvalue weighted by molar-refractivity contribution is -0.130. The van der Waals surface area contributed by atoms with Crippen molar-refractivity contribution in [2.24, 2.45) is 0 Å². The maximum absolute atomic E-state index is 13.2. The summed E-state index contributed by atoms with van der Waals surface area (Å²) in [5.74, 6) is 6.45. The number of carbonyl (C=O) groups excluding carboxylic acids is 3. The third-order valence-corrected chi connectivity index (χ3v) is 6.62. The van der Waals surface area contributed by atoms with Crippen LogP contribution < -0.4 is 15.4 Å². The maximum Gasteiger partial charge on any atom is 0.338 e. The molecule has 1 aliphatic rings. The third kappa shape index (κ3) is 7.20. The summed E-state index contributed by atoms with van der Waals surface area (Å²) in [7, 11) is 1.52.